The van der Waals surface area contributed by atoms with Gasteiger partial charge < -0.3 is 4.74 Å². The molecule has 0 aliphatic rings. The minimum absolute atomic E-state index is 0.0572. The summed E-state index contributed by atoms with van der Waals surface area (Å²) in [5.41, 5.74) is 0.458. The number of hydrogen-bond acceptors (Lipinski definition) is 3. The van der Waals surface area contributed by atoms with Crippen molar-refractivity contribution in [1.82, 2.24) is 9.97 Å². The first-order valence-electron chi connectivity index (χ1n) is 3.82. The van der Waals surface area contributed by atoms with Crippen LogP contribution in [0.2, 0.25) is 0 Å². The fourth-order valence-electron chi connectivity index (χ4n) is 0.800. The number of hydrogen-bond donors (Lipinski definition) is 1. The minimum Gasteiger partial charge on any atom is -0.476 e. The third-order valence-corrected chi connectivity index (χ3v) is 1.31. The maximum Gasteiger partial charge on any atom is 0.347 e. The normalized spacial score (nSPS) is 10.3. The van der Waals surface area contributed by atoms with Gasteiger partial charge in [0.05, 0.1) is 6.10 Å². The topological polar surface area (TPSA) is 55.0 Å². The minimum atomic E-state index is -0.378. The van der Waals surface area contributed by atoms with E-state index in [9.17, 15) is 4.79 Å². The maximum atomic E-state index is 10.8. The number of ether oxygens (including phenoxy) is 1. The maximum absolute atomic E-state index is 10.8. The van der Waals surface area contributed by atoms with E-state index in [4.69, 9.17) is 4.74 Å². The summed E-state index contributed by atoms with van der Waals surface area (Å²) >= 11 is 0. The van der Waals surface area contributed by atoms with Crippen molar-refractivity contribution in [1.29, 1.82) is 0 Å². The molecule has 1 aromatic heterocycles. The zero-order chi connectivity index (χ0) is 9.14. The molecule has 0 unspecified atom stereocenters. The molecular formula is C8H12N2O2. The lowest BCUT2D eigenvalue weighted by atomic mass is 10.4. The van der Waals surface area contributed by atoms with Crippen LogP contribution in [-0.4, -0.2) is 16.1 Å². The van der Waals surface area contributed by atoms with E-state index in [0.29, 0.717) is 5.88 Å². The Hall–Kier alpha value is -1.32. The van der Waals surface area contributed by atoms with Crippen molar-refractivity contribution in [3.63, 3.8) is 0 Å². The molecule has 0 radical (unpaired) electrons. The van der Waals surface area contributed by atoms with Crippen molar-refractivity contribution in [2.75, 3.05) is 0 Å². The summed E-state index contributed by atoms with van der Waals surface area (Å²) in [7, 11) is 0. The van der Waals surface area contributed by atoms with Crippen molar-refractivity contribution in [2.24, 2.45) is 0 Å². The highest BCUT2D eigenvalue weighted by atomic mass is 16.5. The number of rotatable bonds is 2. The van der Waals surface area contributed by atoms with E-state index in [1.165, 1.54) is 6.20 Å². The molecule has 0 amide bonds. The Labute approximate surface area is 70.6 Å². The number of aryl methyl sites for hydroxylation is 1. The van der Waals surface area contributed by atoms with Crippen molar-refractivity contribution in [2.45, 2.75) is 26.9 Å². The van der Waals surface area contributed by atoms with Crippen molar-refractivity contribution in [3.8, 4) is 5.88 Å². The van der Waals surface area contributed by atoms with Crippen LogP contribution in [-0.2, 0) is 0 Å². The zero-order valence-electron chi connectivity index (χ0n) is 7.42. The number of aromatic amines is 1. The molecule has 0 aliphatic carbocycles. The van der Waals surface area contributed by atoms with Crippen LogP contribution in [0.15, 0.2) is 11.0 Å². The molecule has 66 valence electrons. The molecule has 12 heavy (non-hydrogen) atoms. The molecule has 4 nitrogen and oxygen atoms in total. The zero-order valence-corrected chi connectivity index (χ0v) is 7.42. The monoisotopic (exact) mass is 168 g/mol. The summed E-state index contributed by atoms with van der Waals surface area (Å²) in [4.78, 5) is 16.9. The summed E-state index contributed by atoms with van der Waals surface area (Å²) in [6.07, 6.45) is 1.55. The summed E-state index contributed by atoms with van der Waals surface area (Å²) in [5.74, 6) is 0.505. The lowest BCUT2D eigenvalue weighted by molar-refractivity contribution is 0.229. The summed E-state index contributed by atoms with van der Waals surface area (Å²) in [5, 5.41) is 0. The summed E-state index contributed by atoms with van der Waals surface area (Å²) in [6, 6.07) is 0. The van der Waals surface area contributed by atoms with Crippen LogP contribution in [0.25, 0.3) is 0 Å². The van der Waals surface area contributed by atoms with Gasteiger partial charge >= 0.3 is 5.69 Å². The van der Waals surface area contributed by atoms with E-state index in [1.54, 1.807) is 0 Å². The average molecular weight is 168 g/mol. The van der Waals surface area contributed by atoms with Gasteiger partial charge in [0, 0.05) is 11.8 Å². The lowest BCUT2D eigenvalue weighted by Gasteiger charge is -2.10. The Morgan fingerprint density at radius 1 is 1.58 bits per heavy atom. The first-order chi connectivity index (χ1) is 5.59. The van der Waals surface area contributed by atoms with Crippen molar-refractivity contribution in [3.05, 3.63) is 22.2 Å². The number of aromatic nitrogens is 2. The smallest absolute Gasteiger partial charge is 0.347 e. The van der Waals surface area contributed by atoms with Gasteiger partial charge in [-0.25, -0.2) is 9.78 Å². The molecule has 0 atom stereocenters. The Kier molecular flexibility index (Phi) is 2.47. The van der Waals surface area contributed by atoms with Crippen molar-refractivity contribution >= 4 is 0 Å². The molecule has 0 saturated heterocycles. The number of nitrogens with zero attached hydrogens (tertiary/aromatic N) is 1. The highest BCUT2D eigenvalue weighted by Crippen LogP contribution is 2.10. The second-order valence-electron chi connectivity index (χ2n) is 2.87. The third-order valence-electron chi connectivity index (χ3n) is 1.31. The van der Waals surface area contributed by atoms with E-state index < -0.39 is 0 Å². The van der Waals surface area contributed by atoms with E-state index in [2.05, 4.69) is 9.97 Å². The lowest BCUT2D eigenvalue weighted by Crippen LogP contribution is -2.15. The van der Waals surface area contributed by atoms with Gasteiger partial charge in [-0.15, -0.1) is 0 Å². The fraction of sp³-hybridized carbons (Fsp3) is 0.500. The van der Waals surface area contributed by atoms with Crippen LogP contribution >= 0.6 is 0 Å². The predicted molar refractivity (Wildman–Crippen MR) is 45.4 cm³/mol. The average Bonchev–Trinajstić information content (AvgIpc) is 1.96. The second kappa shape index (κ2) is 3.38. The fourth-order valence-corrected chi connectivity index (χ4v) is 0.800. The number of H-pyrrole nitrogens is 1. The molecule has 4 heteroatoms. The molecule has 0 aliphatic heterocycles. The van der Waals surface area contributed by atoms with Crippen LogP contribution in [0.4, 0.5) is 0 Å². The van der Waals surface area contributed by atoms with Gasteiger partial charge in [0.2, 0.25) is 0 Å². The molecule has 0 bridgehead atoms. The first-order valence-corrected chi connectivity index (χ1v) is 3.82. The Balaban J connectivity index is 2.97. The van der Waals surface area contributed by atoms with Gasteiger partial charge in [-0.2, -0.15) is 0 Å². The molecular weight excluding hydrogens is 156 g/mol. The van der Waals surface area contributed by atoms with Gasteiger partial charge in [-0.1, -0.05) is 0 Å². The van der Waals surface area contributed by atoms with Gasteiger partial charge in [-0.3, -0.25) is 4.98 Å². The molecule has 1 heterocycles. The van der Waals surface area contributed by atoms with Crippen molar-refractivity contribution < 1.29 is 4.74 Å². The molecule has 0 fully saturated rings. The van der Waals surface area contributed by atoms with Gasteiger partial charge in [0.15, 0.2) is 5.88 Å². The van der Waals surface area contributed by atoms with Crippen LogP contribution < -0.4 is 10.4 Å². The van der Waals surface area contributed by atoms with Gasteiger partial charge in [-0.05, 0) is 20.8 Å². The molecule has 1 aromatic rings. The van der Waals surface area contributed by atoms with E-state index in [0.717, 1.165) is 5.56 Å². The van der Waals surface area contributed by atoms with Crippen LogP contribution in [0.1, 0.15) is 19.4 Å². The van der Waals surface area contributed by atoms with Crippen LogP contribution in [0, 0.1) is 6.92 Å². The molecule has 0 saturated carbocycles. The summed E-state index contributed by atoms with van der Waals surface area (Å²) in [6.45, 7) is 5.64. The Morgan fingerprint density at radius 3 is 2.83 bits per heavy atom. The van der Waals surface area contributed by atoms with Gasteiger partial charge in [0.25, 0.3) is 0 Å². The first kappa shape index (κ1) is 8.77. The third kappa shape index (κ3) is 2.08. The van der Waals surface area contributed by atoms with E-state index >= 15 is 0 Å². The predicted octanol–water partition coefficient (Wildman–Crippen LogP) is 0.866. The molecule has 1 N–H and O–H groups in total. The highest BCUT2D eigenvalue weighted by molar-refractivity contribution is 5.19. The van der Waals surface area contributed by atoms with Gasteiger partial charge in [0.1, 0.15) is 0 Å². The Bertz CT molecular complexity index is 317. The second-order valence-corrected chi connectivity index (χ2v) is 2.87. The quantitative estimate of drug-likeness (QED) is 0.712. The SMILES string of the molecule is Cc1cnc(=O)[nH]c1OC(C)C. The standard InChI is InChI=1S/C8H12N2O2/c1-5(2)12-7-6(3)4-9-8(11)10-7/h4-5H,1-3H3,(H,9,10,11). The molecule has 1 rings (SSSR count). The highest BCUT2D eigenvalue weighted by Gasteiger charge is 2.02. The van der Waals surface area contributed by atoms with Crippen LogP contribution in [0.5, 0.6) is 5.88 Å². The van der Waals surface area contributed by atoms with E-state index in [1.807, 2.05) is 20.8 Å². The van der Waals surface area contributed by atoms with E-state index in [-0.39, 0.29) is 11.8 Å². The molecule has 0 aromatic carbocycles. The molecule has 0 spiro atoms. The largest absolute Gasteiger partial charge is 0.476 e. The summed E-state index contributed by atoms with van der Waals surface area (Å²) < 4.78 is 5.33. The van der Waals surface area contributed by atoms with Crippen LogP contribution in [0.3, 0.4) is 0 Å². The number of nitrogens with one attached hydrogen (secondary N) is 1. The Morgan fingerprint density at radius 2 is 2.25 bits per heavy atom.